The number of likely N-dealkylation sites (tertiary alicyclic amines) is 1. The Labute approximate surface area is 152 Å². The number of rotatable bonds is 2. The van der Waals surface area contributed by atoms with Gasteiger partial charge in [-0.2, -0.15) is 4.98 Å². The highest BCUT2D eigenvalue weighted by Gasteiger charge is 2.51. The van der Waals surface area contributed by atoms with Gasteiger partial charge in [0.2, 0.25) is 5.89 Å². The van der Waals surface area contributed by atoms with Crippen LogP contribution in [-0.2, 0) is 4.74 Å². The molecule has 1 aromatic carbocycles. The molecule has 2 aliphatic rings. The fraction of sp³-hybridized carbons (Fsp3) is 0.526. The van der Waals surface area contributed by atoms with E-state index in [2.05, 4.69) is 15.5 Å². The van der Waals surface area contributed by atoms with Gasteiger partial charge in [0.15, 0.2) is 5.82 Å². The van der Waals surface area contributed by atoms with Crippen molar-refractivity contribution >= 4 is 11.7 Å². The number of anilines is 1. The third-order valence-corrected chi connectivity index (χ3v) is 5.57. The van der Waals surface area contributed by atoms with E-state index in [1.54, 1.807) is 0 Å². The number of urea groups is 1. The summed E-state index contributed by atoms with van der Waals surface area (Å²) >= 11 is 0. The van der Waals surface area contributed by atoms with E-state index in [0.29, 0.717) is 38.0 Å². The second-order valence-electron chi connectivity index (χ2n) is 7.38. The lowest BCUT2D eigenvalue weighted by atomic mass is 9.72. The van der Waals surface area contributed by atoms with Gasteiger partial charge in [-0.1, -0.05) is 22.9 Å². The Bertz CT molecular complexity index is 780. The molecule has 7 heteroatoms. The number of aromatic nitrogens is 2. The van der Waals surface area contributed by atoms with Crippen molar-refractivity contribution in [2.45, 2.75) is 32.6 Å². The average Bonchev–Trinajstić information content (AvgIpc) is 3.22. The summed E-state index contributed by atoms with van der Waals surface area (Å²) in [6.07, 6.45) is 1.79. The molecule has 2 saturated heterocycles. The van der Waals surface area contributed by atoms with Gasteiger partial charge in [0.25, 0.3) is 0 Å². The van der Waals surface area contributed by atoms with Crippen LogP contribution in [-0.4, -0.2) is 47.4 Å². The number of hydrogen-bond donors (Lipinski definition) is 1. The molecule has 0 aliphatic carbocycles. The molecule has 1 N–H and O–H groups in total. The van der Waals surface area contributed by atoms with E-state index in [0.717, 1.165) is 24.1 Å². The van der Waals surface area contributed by atoms with Crippen molar-refractivity contribution in [2.24, 2.45) is 5.41 Å². The Hall–Kier alpha value is -2.41. The molecule has 138 valence electrons. The topological polar surface area (TPSA) is 80.5 Å². The van der Waals surface area contributed by atoms with Gasteiger partial charge in [0, 0.05) is 37.4 Å². The summed E-state index contributed by atoms with van der Waals surface area (Å²) in [4.78, 5) is 19.1. The lowest BCUT2D eigenvalue weighted by molar-refractivity contribution is 0.00959. The first-order valence-corrected chi connectivity index (χ1v) is 9.06. The number of carbonyl (C=O) groups is 1. The molecule has 0 radical (unpaired) electrons. The Kier molecular flexibility index (Phi) is 4.40. The third-order valence-electron chi connectivity index (χ3n) is 5.57. The molecule has 0 saturated carbocycles. The van der Waals surface area contributed by atoms with Crippen LogP contribution < -0.4 is 5.32 Å². The molecule has 1 aromatic heterocycles. The second-order valence-corrected chi connectivity index (χ2v) is 7.38. The zero-order chi connectivity index (χ0) is 18.1. The van der Waals surface area contributed by atoms with Crippen molar-refractivity contribution in [2.75, 3.05) is 31.6 Å². The summed E-state index contributed by atoms with van der Waals surface area (Å²) < 4.78 is 11.0. The molecule has 1 spiro atoms. The number of benzene rings is 1. The van der Waals surface area contributed by atoms with Crippen LogP contribution in [0, 0.1) is 19.3 Å². The highest BCUT2D eigenvalue weighted by atomic mass is 16.5. The molecule has 1 unspecified atom stereocenters. The van der Waals surface area contributed by atoms with Crippen LogP contribution in [0.25, 0.3) is 0 Å². The zero-order valence-electron chi connectivity index (χ0n) is 15.2. The molecule has 3 heterocycles. The van der Waals surface area contributed by atoms with E-state index >= 15 is 0 Å². The van der Waals surface area contributed by atoms with E-state index in [1.165, 1.54) is 0 Å². The van der Waals surface area contributed by atoms with Gasteiger partial charge in [-0.05, 0) is 38.8 Å². The third kappa shape index (κ3) is 3.19. The maximum absolute atomic E-state index is 12.8. The molecular formula is C19H24N4O3. The van der Waals surface area contributed by atoms with Crippen LogP contribution in [0.1, 0.15) is 36.0 Å². The highest BCUT2D eigenvalue weighted by molar-refractivity contribution is 5.89. The van der Waals surface area contributed by atoms with Crippen LogP contribution in [0.15, 0.2) is 28.8 Å². The fourth-order valence-electron chi connectivity index (χ4n) is 4.04. The molecule has 26 heavy (non-hydrogen) atoms. The SMILES string of the molecule is Cc1ccc(NC(=O)N2CC(c3nc(C)no3)C3(CCOCC3)C2)cc1. The molecule has 2 amide bonds. The minimum absolute atomic E-state index is 0.0522. The predicted molar refractivity (Wildman–Crippen MR) is 96.0 cm³/mol. The smallest absolute Gasteiger partial charge is 0.321 e. The van der Waals surface area contributed by atoms with Crippen molar-refractivity contribution in [3.05, 3.63) is 41.5 Å². The molecule has 0 bridgehead atoms. The molecule has 2 aromatic rings. The summed E-state index contributed by atoms with van der Waals surface area (Å²) in [6, 6.07) is 7.74. The van der Waals surface area contributed by atoms with Crippen LogP contribution in [0.5, 0.6) is 0 Å². The number of aryl methyl sites for hydroxylation is 2. The Balaban J connectivity index is 1.54. The van der Waals surface area contributed by atoms with Gasteiger partial charge < -0.3 is 19.5 Å². The Morgan fingerprint density at radius 2 is 1.96 bits per heavy atom. The second kappa shape index (κ2) is 6.72. The minimum Gasteiger partial charge on any atom is -0.381 e. The van der Waals surface area contributed by atoms with Gasteiger partial charge in [-0.25, -0.2) is 4.79 Å². The first kappa shape index (κ1) is 17.0. The quantitative estimate of drug-likeness (QED) is 0.894. The van der Waals surface area contributed by atoms with Gasteiger partial charge in [-0.3, -0.25) is 0 Å². The lowest BCUT2D eigenvalue weighted by Gasteiger charge is -2.36. The summed E-state index contributed by atoms with van der Waals surface area (Å²) in [6.45, 7) is 6.52. The van der Waals surface area contributed by atoms with Gasteiger partial charge in [0.05, 0.1) is 5.92 Å². The van der Waals surface area contributed by atoms with Crippen LogP contribution in [0.2, 0.25) is 0 Å². The van der Waals surface area contributed by atoms with E-state index in [-0.39, 0.29) is 17.4 Å². The van der Waals surface area contributed by atoms with E-state index < -0.39 is 0 Å². The molecular weight excluding hydrogens is 332 g/mol. The number of ether oxygens (including phenoxy) is 1. The van der Waals surface area contributed by atoms with E-state index in [9.17, 15) is 4.79 Å². The lowest BCUT2D eigenvalue weighted by Crippen LogP contribution is -2.38. The molecule has 2 aliphatic heterocycles. The van der Waals surface area contributed by atoms with Crippen molar-refractivity contribution in [1.82, 2.24) is 15.0 Å². The van der Waals surface area contributed by atoms with Crippen molar-refractivity contribution in [1.29, 1.82) is 0 Å². The number of carbonyl (C=O) groups excluding carboxylic acids is 1. The fourth-order valence-corrected chi connectivity index (χ4v) is 4.04. The number of hydrogen-bond acceptors (Lipinski definition) is 5. The number of amides is 2. The zero-order valence-corrected chi connectivity index (χ0v) is 15.2. The summed E-state index contributed by atoms with van der Waals surface area (Å²) in [5.74, 6) is 1.32. The first-order chi connectivity index (χ1) is 12.6. The summed E-state index contributed by atoms with van der Waals surface area (Å²) in [7, 11) is 0. The van der Waals surface area contributed by atoms with Gasteiger partial charge in [0.1, 0.15) is 0 Å². The van der Waals surface area contributed by atoms with Gasteiger partial charge in [-0.15, -0.1) is 0 Å². The van der Waals surface area contributed by atoms with Crippen molar-refractivity contribution in [3.63, 3.8) is 0 Å². The average molecular weight is 356 g/mol. The summed E-state index contributed by atoms with van der Waals surface area (Å²) in [5.41, 5.74) is 1.91. The molecule has 4 rings (SSSR count). The van der Waals surface area contributed by atoms with E-state index in [4.69, 9.17) is 9.26 Å². The maximum atomic E-state index is 12.8. The standard InChI is InChI=1S/C19H24N4O3/c1-13-3-5-15(6-4-13)21-18(24)23-11-16(17-20-14(2)22-26-17)19(12-23)7-9-25-10-8-19/h3-6,16H,7-12H2,1-2H3,(H,21,24). The number of nitrogens with zero attached hydrogens (tertiary/aromatic N) is 3. The predicted octanol–water partition coefficient (Wildman–Crippen LogP) is 3.11. The maximum Gasteiger partial charge on any atom is 0.321 e. The molecule has 7 nitrogen and oxygen atoms in total. The number of nitrogens with one attached hydrogen (secondary N) is 1. The Morgan fingerprint density at radius 1 is 1.23 bits per heavy atom. The van der Waals surface area contributed by atoms with E-state index in [1.807, 2.05) is 43.0 Å². The van der Waals surface area contributed by atoms with Crippen LogP contribution in [0.4, 0.5) is 10.5 Å². The van der Waals surface area contributed by atoms with Crippen molar-refractivity contribution < 1.29 is 14.1 Å². The largest absolute Gasteiger partial charge is 0.381 e. The minimum atomic E-state index is -0.0848. The van der Waals surface area contributed by atoms with Crippen molar-refractivity contribution in [3.8, 4) is 0 Å². The van der Waals surface area contributed by atoms with Gasteiger partial charge >= 0.3 is 6.03 Å². The molecule has 2 fully saturated rings. The molecule has 1 atom stereocenters. The monoisotopic (exact) mass is 356 g/mol. The highest BCUT2D eigenvalue weighted by Crippen LogP contribution is 2.49. The summed E-state index contributed by atoms with van der Waals surface area (Å²) in [5, 5.41) is 6.95. The van der Waals surface area contributed by atoms with Crippen LogP contribution >= 0.6 is 0 Å². The van der Waals surface area contributed by atoms with Crippen LogP contribution in [0.3, 0.4) is 0 Å². The Morgan fingerprint density at radius 3 is 2.62 bits per heavy atom. The first-order valence-electron chi connectivity index (χ1n) is 9.06. The normalized spacial score (nSPS) is 21.9.